The lowest BCUT2D eigenvalue weighted by atomic mass is 10.0. The maximum Gasteiger partial charge on any atom is 0.252 e. The van der Waals surface area contributed by atoms with Gasteiger partial charge in [0.05, 0.1) is 23.8 Å². The van der Waals surface area contributed by atoms with Crippen molar-refractivity contribution in [3.8, 4) is 11.7 Å². The van der Waals surface area contributed by atoms with E-state index in [1.165, 1.54) is 0 Å². The van der Waals surface area contributed by atoms with Gasteiger partial charge in [0.15, 0.2) is 0 Å². The minimum Gasteiger partial charge on any atom is -0.496 e. The Morgan fingerprint density at radius 1 is 1.21 bits per heavy atom. The number of anilines is 1. The highest BCUT2D eigenvalue weighted by Gasteiger charge is 2.32. The normalized spacial score (nSPS) is 16.2. The summed E-state index contributed by atoms with van der Waals surface area (Å²) in [6.45, 7) is 5.76. The summed E-state index contributed by atoms with van der Waals surface area (Å²) in [5, 5.41) is 7.57. The van der Waals surface area contributed by atoms with Crippen molar-refractivity contribution >= 4 is 39.4 Å². The van der Waals surface area contributed by atoms with E-state index in [-0.39, 0.29) is 11.2 Å². The Morgan fingerprint density at radius 3 is 2.62 bits per heavy atom. The smallest absolute Gasteiger partial charge is 0.252 e. The maximum absolute atomic E-state index is 12.5. The van der Waals surface area contributed by atoms with Gasteiger partial charge in [-0.25, -0.2) is 9.97 Å². The molecule has 1 N–H and O–H groups in total. The number of carbonyl (C=O) groups is 1. The number of hydrogen-bond donors (Lipinski definition) is 1. The van der Waals surface area contributed by atoms with Crippen LogP contribution in [0.1, 0.15) is 33.5 Å². The number of hydrogen-bond acceptors (Lipinski definition) is 6. The van der Waals surface area contributed by atoms with Crippen LogP contribution in [0.4, 0.5) is 5.82 Å². The Labute approximate surface area is 181 Å². The van der Waals surface area contributed by atoms with E-state index in [9.17, 15) is 4.79 Å². The zero-order valence-electron chi connectivity index (χ0n) is 16.5. The molecule has 2 aromatic heterocycles. The average Bonchev–Trinajstić information content (AvgIpc) is 2.87. The number of aromatic nitrogens is 4. The minimum absolute atomic E-state index is 0.0850. The molecule has 9 heteroatoms. The first-order valence-corrected chi connectivity index (χ1v) is 10.9. The van der Waals surface area contributed by atoms with Crippen LogP contribution < -0.4 is 10.1 Å². The topological polar surface area (TPSA) is 81.9 Å². The summed E-state index contributed by atoms with van der Waals surface area (Å²) in [4.78, 5) is 21.6. The van der Waals surface area contributed by atoms with E-state index in [1.807, 2.05) is 45.0 Å². The van der Waals surface area contributed by atoms with Gasteiger partial charge in [-0.05, 0) is 45.0 Å². The van der Waals surface area contributed by atoms with Gasteiger partial charge in [0.2, 0.25) is 5.91 Å². The molecular weight excluding hydrogens is 454 g/mol. The van der Waals surface area contributed by atoms with E-state index in [4.69, 9.17) is 4.74 Å². The second-order valence-electron chi connectivity index (χ2n) is 6.84. The van der Waals surface area contributed by atoms with Gasteiger partial charge in [-0.3, -0.25) is 4.79 Å². The van der Waals surface area contributed by atoms with Gasteiger partial charge in [0.25, 0.3) is 5.95 Å². The Morgan fingerprint density at radius 2 is 1.93 bits per heavy atom. The predicted octanol–water partition coefficient (Wildman–Crippen LogP) is 4.13. The molecule has 1 aliphatic heterocycles. The van der Waals surface area contributed by atoms with Crippen LogP contribution in [-0.2, 0) is 4.79 Å². The van der Waals surface area contributed by atoms with Gasteiger partial charge < -0.3 is 10.1 Å². The number of nitrogens with one attached hydrogen (secondary N) is 1. The van der Waals surface area contributed by atoms with Crippen LogP contribution in [0.2, 0.25) is 0 Å². The fourth-order valence-corrected chi connectivity index (χ4v) is 5.07. The first-order valence-electron chi connectivity index (χ1n) is 9.04. The van der Waals surface area contributed by atoms with Crippen LogP contribution in [0.15, 0.2) is 28.7 Å². The molecule has 0 radical (unpaired) electrons. The summed E-state index contributed by atoms with van der Waals surface area (Å²) < 4.78 is 8.18. The van der Waals surface area contributed by atoms with Crippen LogP contribution in [0.25, 0.3) is 5.95 Å². The standard InChI is InChI=1S/C20H20BrN5O2S/c1-10-7-11(2)23-20(22-10)26-19-17(12(3)25-26)18(29-9-16(27)24-19)14-8-13(21)5-6-15(14)28-4/h5-8,18H,9H2,1-4H3,(H,24,27)/t18-/m0/s1. The number of aryl methyl sites for hydroxylation is 3. The molecule has 4 rings (SSSR count). The Kier molecular flexibility index (Phi) is 5.35. The number of benzene rings is 1. The molecule has 1 atom stereocenters. The molecule has 3 aromatic rings. The number of thioether (sulfide) groups is 1. The molecule has 0 fully saturated rings. The molecule has 0 saturated heterocycles. The van der Waals surface area contributed by atoms with Gasteiger partial charge in [0.1, 0.15) is 11.6 Å². The van der Waals surface area contributed by atoms with Gasteiger partial charge in [-0.1, -0.05) is 15.9 Å². The van der Waals surface area contributed by atoms with Gasteiger partial charge >= 0.3 is 0 Å². The lowest BCUT2D eigenvalue weighted by Gasteiger charge is -2.18. The zero-order valence-corrected chi connectivity index (χ0v) is 18.9. The number of fused-ring (bicyclic) bond motifs is 1. The molecule has 150 valence electrons. The van der Waals surface area contributed by atoms with Crippen molar-refractivity contribution in [1.82, 2.24) is 19.7 Å². The Balaban J connectivity index is 1.94. The molecule has 0 unspecified atom stereocenters. The van der Waals surface area contributed by atoms with Crippen molar-refractivity contribution in [1.29, 1.82) is 0 Å². The molecule has 0 aliphatic carbocycles. The Bertz CT molecular complexity index is 1090. The third-order valence-corrected chi connectivity index (χ3v) is 6.39. The maximum atomic E-state index is 12.5. The summed E-state index contributed by atoms with van der Waals surface area (Å²) in [7, 11) is 1.65. The molecule has 7 nitrogen and oxygen atoms in total. The van der Waals surface area contributed by atoms with E-state index < -0.39 is 0 Å². The largest absolute Gasteiger partial charge is 0.496 e. The van der Waals surface area contributed by atoms with Crippen LogP contribution in [-0.4, -0.2) is 38.5 Å². The first kappa shape index (κ1) is 19.9. The van der Waals surface area contributed by atoms with Crippen LogP contribution in [0.5, 0.6) is 5.75 Å². The summed E-state index contributed by atoms with van der Waals surface area (Å²) in [6, 6.07) is 7.79. The van der Waals surface area contributed by atoms with Crippen molar-refractivity contribution in [2.24, 2.45) is 0 Å². The number of rotatable bonds is 3. The second kappa shape index (κ2) is 7.79. The van der Waals surface area contributed by atoms with Crippen LogP contribution in [0, 0.1) is 20.8 Å². The summed E-state index contributed by atoms with van der Waals surface area (Å²) in [5.41, 5.74) is 4.40. The van der Waals surface area contributed by atoms with Crippen molar-refractivity contribution in [2.45, 2.75) is 26.0 Å². The van der Waals surface area contributed by atoms with Gasteiger partial charge in [-0.15, -0.1) is 11.8 Å². The summed E-state index contributed by atoms with van der Waals surface area (Å²) in [6.07, 6.45) is 0. The molecule has 1 aliphatic rings. The third-order valence-electron chi connectivity index (χ3n) is 4.64. The van der Waals surface area contributed by atoms with Crippen molar-refractivity contribution in [3.05, 3.63) is 56.9 Å². The second-order valence-corrected chi connectivity index (χ2v) is 8.84. The third kappa shape index (κ3) is 3.76. The molecule has 1 amide bonds. The number of ether oxygens (including phenoxy) is 1. The van der Waals surface area contributed by atoms with E-state index in [1.54, 1.807) is 23.6 Å². The molecule has 1 aromatic carbocycles. The number of carbonyl (C=O) groups excluding carboxylic acids is 1. The average molecular weight is 474 g/mol. The molecule has 0 saturated carbocycles. The van der Waals surface area contributed by atoms with E-state index in [0.717, 1.165) is 38.4 Å². The van der Waals surface area contributed by atoms with E-state index in [2.05, 4.69) is 36.3 Å². The van der Waals surface area contributed by atoms with Crippen molar-refractivity contribution in [2.75, 3.05) is 18.2 Å². The van der Waals surface area contributed by atoms with Crippen LogP contribution >= 0.6 is 27.7 Å². The van der Waals surface area contributed by atoms with E-state index >= 15 is 0 Å². The highest BCUT2D eigenvalue weighted by molar-refractivity contribution is 9.10. The van der Waals surface area contributed by atoms with Crippen molar-refractivity contribution in [3.63, 3.8) is 0 Å². The highest BCUT2D eigenvalue weighted by Crippen LogP contribution is 2.47. The Hall–Kier alpha value is -2.39. The SMILES string of the molecule is COc1ccc(Br)cc1[C@@H]1SCC(=O)Nc2c1c(C)nn2-c1nc(C)cc(C)n1. The molecular formula is C20H20BrN5O2S. The van der Waals surface area contributed by atoms with Crippen molar-refractivity contribution < 1.29 is 9.53 Å². The minimum atomic E-state index is -0.129. The monoisotopic (exact) mass is 473 g/mol. The van der Waals surface area contributed by atoms with Gasteiger partial charge in [0, 0.05) is 27.0 Å². The lowest BCUT2D eigenvalue weighted by molar-refractivity contribution is -0.113. The zero-order chi connectivity index (χ0) is 20.7. The number of nitrogens with zero attached hydrogens (tertiary/aromatic N) is 4. The predicted molar refractivity (Wildman–Crippen MR) is 117 cm³/mol. The molecule has 29 heavy (non-hydrogen) atoms. The lowest BCUT2D eigenvalue weighted by Crippen LogP contribution is -2.17. The summed E-state index contributed by atoms with van der Waals surface area (Å²) in [5.74, 6) is 2.05. The number of amides is 1. The first-order chi connectivity index (χ1) is 13.9. The molecule has 0 spiro atoms. The molecule has 0 bridgehead atoms. The fraction of sp³-hybridized carbons (Fsp3) is 0.300. The quantitative estimate of drug-likeness (QED) is 0.615. The van der Waals surface area contributed by atoms with Gasteiger partial charge in [-0.2, -0.15) is 9.78 Å². The molecule has 3 heterocycles. The summed E-state index contributed by atoms with van der Waals surface area (Å²) >= 11 is 5.10. The highest BCUT2D eigenvalue weighted by atomic mass is 79.9. The van der Waals surface area contributed by atoms with E-state index in [0.29, 0.717) is 17.5 Å². The number of halogens is 1. The number of methoxy groups -OCH3 is 1. The van der Waals surface area contributed by atoms with Crippen LogP contribution in [0.3, 0.4) is 0 Å². The fourth-order valence-electron chi connectivity index (χ4n) is 3.49.